The zero-order valence-electron chi connectivity index (χ0n) is 18.2. The summed E-state index contributed by atoms with van der Waals surface area (Å²) in [7, 11) is 0. The van der Waals surface area contributed by atoms with Gasteiger partial charge in [-0.1, -0.05) is 0 Å². The molecule has 2 aliphatic rings. The maximum absolute atomic E-state index is 12.6. The summed E-state index contributed by atoms with van der Waals surface area (Å²) in [6.07, 6.45) is 2.83. The van der Waals surface area contributed by atoms with Crippen molar-refractivity contribution in [2.45, 2.75) is 38.5 Å². The Labute approximate surface area is 185 Å². The average molecular weight is 442 g/mol. The van der Waals surface area contributed by atoms with Gasteiger partial charge < -0.3 is 24.6 Å². The van der Waals surface area contributed by atoms with Crippen LogP contribution in [0.4, 0.5) is 27.8 Å². The molecule has 0 saturated carbocycles. The molecule has 2 unspecified atom stereocenters. The Morgan fingerprint density at radius 2 is 1.84 bits per heavy atom. The lowest BCUT2D eigenvalue weighted by Crippen LogP contribution is -2.66. The van der Waals surface area contributed by atoms with Gasteiger partial charge in [0, 0.05) is 37.2 Å². The Hall–Kier alpha value is -3.47. The molecule has 4 rings (SSSR count). The van der Waals surface area contributed by atoms with Gasteiger partial charge in [0.2, 0.25) is 5.82 Å². The van der Waals surface area contributed by atoms with Crippen LogP contribution in [-0.4, -0.2) is 69.9 Å². The number of morpholine rings is 1. The summed E-state index contributed by atoms with van der Waals surface area (Å²) in [6, 6.07) is 6.23. The summed E-state index contributed by atoms with van der Waals surface area (Å²) >= 11 is 0. The minimum absolute atomic E-state index is 0.126. The first kappa shape index (κ1) is 21.8. The van der Waals surface area contributed by atoms with E-state index >= 15 is 0 Å². The number of amides is 1. The lowest BCUT2D eigenvalue weighted by molar-refractivity contribution is -0.384. The first-order valence-electron chi connectivity index (χ1n) is 10.4. The molecule has 4 heterocycles. The molecule has 11 heteroatoms. The van der Waals surface area contributed by atoms with Crippen molar-refractivity contribution in [1.29, 1.82) is 0 Å². The van der Waals surface area contributed by atoms with Crippen LogP contribution in [0.1, 0.15) is 20.8 Å². The lowest BCUT2D eigenvalue weighted by atomic mass is 10.0. The fourth-order valence-electron chi connectivity index (χ4n) is 3.91. The molecule has 0 aliphatic carbocycles. The number of nitro groups is 1. The number of fused-ring (bicyclic) bond motifs is 2. The fraction of sp³-hybridized carbons (Fsp3) is 0.476. The summed E-state index contributed by atoms with van der Waals surface area (Å²) < 4.78 is 11.3. The third-order valence-corrected chi connectivity index (χ3v) is 5.18. The summed E-state index contributed by atoms with van der Waals surface area (Å²) in [4.78, 5) is 36.0. The number of aromatic nitrogens is 2. The molecule has 32 heavy (non-hydrogen) atoms. The number of carbonyl (C=O) groups excluding carboxylic acids is 1. The first-order valence-corrected chi connectivity index (χ1v) is 10.4. The van der Waals surface area contributed by atoms with Crippen molar-refractivity contribution < 1.29 is 19.2 Å². The van der Waals surface area contributed by atoms with E-state index in [9.17, 15) is 14.9 Å². The Morgan fingerprint density at radius 1 is 1.19 bits per heavy atom. The summed E-state index contributed by atoms with van der Waals surface area (Å²) in [6.45, 7) is 7.17. The number of nitrogens with zero attached hydrogens (tertiary/aromatic N) is 5. The Kier molecular flexibility index (Phi) is 5.83. The molecule has 170 valence electrons. The van der Waals surface area contributed by atoms with Crippen LogP contribution >= 0.6 is 0 Å². The summed E-state index contributed by atoms with van der Waals surface area (Å²) in [5, 5.41) is 14.6. The van der Waals surface area contributed by atoms with E-state index < -0.39 is 10.5 Å². The van der Waals surface area contributed by atoms with Gasteiger partial charge in [-0.2, -0.15) is 0 Å². The number of ether oxygens (including phenoxy) is 2. The predicted molar refractivity (Wildman–Crippen MR) is 117 cm³/mol. The van der Waals surface area contributed by atoms with Gasteiger partial charge in [-0.05, 0) is 39.0 Å². The number of nitrogens with one attached hydrogen (secondary N) is 1. The van der Waals surface area contributed by atoms with Gasteiger partial charge in [0.25, 0.3) is 0 Å². The van der Waals surface area contributed by atoms with Gasteiger partial charge in [-0.25, -0.2) is 9.78 Å². The summed E-state index contributed by atoms with van der Waals surface area (Å²) in [5.74, 6) is 0.738. The van der Waals surface area contributed by atoms with Crippen molar-refractivity contribution >= 4 is 29.1 Å². The topological polar surface area (TPSA) is 123 Å². The largest absolute Gasteiger partial charge is 0.444 e. The number of hydrogen-bond acceptors (Lipinski definition) is 9. The number of rotatable bonds is 4. The summed E-state index contributed by atoms with van der Waals surface area (Å²) in [5.41, 5.74) is -0.0572. The fourth-order valence-corrected chi connectivity index (χ4v) is 3.91. The lowest BCUT2D eigenvalue weighted by Gasteiger charge is -2.50. The van der Waals surface area contributed by atoms with Crippen molar-refractivity contribution in [3.63, 3.8) is 0 Å². The van der Waals surface area contributed by atoms with Gasteiger partial charge in [0.1, 0.15) is 11.4 Å². The van der Waals surface area contributed by atoms with Crippen molar-refractivity contribution in [1.82, 2.24) is 14.9 Å². The highest BCUT2D eigenvalue weighted by atomic mass is 16.6. The molecule has 11 nitrogen and oxygen atoms in total. The average Bonchev–Trinajstić information content (AvgIpc) is 2.72. The molecule has 1 N–H and O–H groups in total. The second-order valence-corrected chi connectivity index (χ2v) is 8.79. The monoisotopic (exact) mass is 442 g/mol. The van der Waals surface area contributed by atoms with Crippen LogP contribution in [0, 0.1) is 10.1 Å². The minimum atomic E-state index is -0.576. The van der Waals surface area contributed by atoms with E-state index in [1.807, 2.05) is 20.8 Å². The zero-order valence-corrected chi connectivity index (χ0v) is 18.2. The SMILES string of the molecule is CC(C)(C)OC(=O)N1CC2COCC(C1)N2c1ccc([N+](=O)[O-])c(Nc2ccncc2)n1. The number of carbonyl (C=O) groups is 1. The number of piperazine rings is 1. The predicted octanol–water partition coefficient (Wildman–Crippen LogP) is 2.95. The highest BCUT2D eigenvalue weighted by Crippen LogP contribution is 2.33. The quantitative estimate of drug-likeness (QED) is 0.562. The highest BCUT2D eigenvalue weighted by Gasteiger charge is 2.42. The van der Waals surface area contributed by atoms with Gasteiger partial charge in [0.05, 0.1) is 30.2 Å². The van der Waals surface area contributed by atoms with Crippen LogP contribution in [0.5, 0.6) is 0 Å². The van der Waals surface area contributed by atoms with Crippen LogP contribution in [0.15, 0.2) is 36.7 Å². The van der Waals surface area contributed by atoms with E-state index in [4.69, 9.17) is 9.47 Å². The highest BCUT2D eigenvalue weighted by molar-refractivity contribution is 5.70. The Balaban J connectivity index is 1.60. The van der Waals surface area contributed by atoms with Crippen molar-refractivity contribution in [3.05, 3.63) is 46.8 Å². The Bertz CT molecular complexity index is 982. The maximum atomic E-state index is 12.6. The molecule has 2 aromatic rings. The third kappa shape index (κ3) is 4.72. The van der Waals surface area contributed by atoms with Crippen molar-refractivity contribution in [2.24, 2.45) is 0 Å². The van der Waals surface area contributed by atoms with Crippen LogP contribution < -0.4 is 10.2 Å². The molecule has 2 fully saturated rings. The molecular formula is C21H26N6O5. The number of pyridine rings is 2. The number of hydrogen-bond donors (Lipinski definition) is 1. The van der Waals surface area contributed by atoms with E-state index in [1.165, 1.54) is 6.07 Å². The van der Waals surface area contributed by atoms with E-state index in [-0.39, 0.29) is 29.7 Å². The van der Waals surface area contributed by atoms with Crippen molar-refractivity contribution in [2.75, 3.05) is 36.5 Å². The van der Waals surface area contributed by atoms with E-state index in [2.05, 4.69) is 20.2 Å². The normalized spacial score (nSPS) is 20.6. The van der Waals surface area contributed by atoms with E-state index in [0.29, 0.717) is 37.8 Å². The standard InChI is InChI=1S/C21H26N6O5/c1-21(2,3)32-20(28)25-10-15-12-31-13-16(11-25)26(15)18-5-4-17(27(29)30)19(24-18)23-14-6-8-22-9-7-14/h4-9,15-16H,10-13H2,1-3H3,(H,22,23,24). The molecule has 2 saturated heterocycles. The number of anilines is 3. The van der Waals surface area contributed by atoms with E-state index in [0.717, 1.165) is 0 Å². The molecule has 1 amide bonds. The Morgan fingerprint density at radius 3 is 2.44 bits per heavy atom. The molecule has 2 atom stereocenters. The third-order valence-electron chi connectivity index (χ3n) is 5.18. The molecule has 0 spiro atoms. The smallest absolute Gasteiger partial charge is 0.410 e. The van der Waals surface area contributed by atoms with E-state index in [1.54, 1.807) is 35.5 Å². The second-order valence-electron chi connectivity index (χ2n) is 8.79. The van der Waals surface area contributed by atoms with Gasteiger partial charge >= 0.3 is 11.8 Å². The molecular weight excluding hydrogens is 416 g/mol. The van der Waals surface area contributed by atoms with Crippen molar-refractivity contribution in [3.8, 4) is 0 Å². The molecule has 2 aromatic heterocycles. The first-order chi connectivity index (χ1) is 15.2. The van der Waals surface area contributed by atoms with Gasteiger partial charge in [-0.3, -0.25) is 15.1 Å². The molecule has 0 aromatic carbocycles. The van der Waals surface area contributed by atoms with Crippen LogP contribution in [0.2, 0.25) is 0 Å². The second kappa shape index (κ2) is 8.58. The zero-order chi connectivity index (χ0) is 22.9. The minimum Gasteiger partial charge on any atom is -0.444 e. The van der Waals surface area contributed by atoms with Crippen LogP contribution in [0.3, 0.4) is 0 Å². The molecule has 0 radical (unpaired) electrons. The van der Waals surface area contributed by atoms with Crippen LogP contribution in [0.25, 0.3) is 0 Å². The molecule has 2 bridgehead atoms. The maximum Gasteiger partial charge on any atom is 0.410 e. The van der Waals surface area contributed by atoms with Gasteiger partial charge in [0.15, 0.2) is 0 Å². The molecule has 2 aliphatic heterocycles. The van der Waals surface area contributed by atoms with Crippen LogP contribution in [-0.2, 0) is 9.47 Å². The van der Waals surface area contributed by atoms with Gasteiger partial charge in [-0.15, -0.1) is 0 Å².